The van der Waals surface area contributed by atoms with Gasteiger partial charge in [-0.05, 0) is 30.4 Å². The lowest BCUT2D eigenvalue weighted by molar-refractivity contribution is -0.142. The first-order valence-electron chi connectivity index (χ1n) is 9.20. The first kappa shape index (κ1) is 16.9. The summed E-state index contributed by atoms with van der Waals surface area (Å²) in [5.41, 5.74) is 2.05. The zero-order chi connectivity index (χ0) is 17.9. The van der Waals surface area contributed by atoms with Crippen molar-refractivity contribution < 1.29 is 14.3 Å². The van der Waals surface area contributed by atoms with Crippen molar-refractivity contribution in [3.63, 3.8) is 0 Å². The van der Waals surface area contributed by atoms with Crippen LogP contribution < -0.4 is 5.32 Å². The van der Waals surface area contributed by atoms with Gasteiger partial charge < -0.3 is 24.8 Å². The van der Waals surface area contributed by atoms with Gasteiger partial charge in [0.05, 0.1) is 6.54 Å². The lowest BCUT2D eigenvalue weighted by Gasteiger charge is -2.35. The number of nitrogens with one attached hydrogen (secondary N) is 2. The molecule has 0 aliphatic carbocycles. The van der Waals surface area contributed by atoms with Gasteiger partial charge in [0.1, 0.15) is 6.10 Å². The topological polar surface area (TPSA) is 77.7 Å². The second kappa shape index (κ2) is 7.37. The quantitative estimate of drug-likeness (QED) is 0.879. The largest absolute Gasteiger partial charge is 0.368 e. The Bertz CT molecular complexity index is 756. The first-order chi connectivity index (χ1) is 12.7. The molecule has 0 saturated carbocycles. The van der Waals surface area contributed by atoms with Gasteiger partial charge in [0.15, 0.2) is 0 Å². The van der Waals surface area contributed by atoms with E-state index >= 15 is 0 Å². The minimum atomic E-state index is -0.280. The molecule has 0 spiro atoms. The fourth-order valence-corrected chi connectivity index (χ4v) is 3.62. The molecule has 2 saturated heterocycles. The zero-order valence-electron chi connectivity index (χ0n) is 14.7. The van der Waals surface area contributed by atoms with Crippen molar-refractivity contribution in [2.24, 2.45) is 0 Å². The predicted molar refractivity (Wildman–Crippen MR) is 97.7 cm³/mol. The zero-order valence-corrected chi connectivity index (χ0v) is 14.7. The molecule has 0 radical (unpaired) electrons. The smallest absolute Gasteiger partial charge is 0.317 e. The van der Waals surface area contributed by atoms with Gasteiger partial charge in [-0.15, -0.1) is 0 Å². The van der Waals surface area contributed by atoms with E-state index in [1.54, 1.807) is 4.90 Å². The number of piperazine rings is 1. The van der Waals surface area contributed by atoms with Gasteiger partial charge in [0, 0.05) is 44.0 Å². The Labute approximate surface area is 152 Å². The van der Waals surface area contributed by atoms with Gasteiger partial charge in [-0.2, -0.15) is 0 Å². The Balaban J connectivity index is 1.26. The van der Waals surface area contributed by atoms with E-state index in [1.165, 1.54) is 0 Å². The number of para-hydroxylation sites is 1. The number of amides is 3. The number of hydrogen-bond acceptors (Lipinski definition) is 3. The maximum absolute atomic E-state index is 12.4. The van der Waals surface area contributed by atoms with Crippen molar-refractivity contribution in [3.05, 3.63) is 36.0 Å². The molecule has 1 unspecified atom stereocenters. The summed E-state index contributed by atoms with van der Waals surface area (Å²) >= 11 is 0. The average Bonchev–Trinajstić information content (AvgIpc) is 3.35. The maximum Gasteiger partial charge on any atom is 0.317 e. The highest BCUT2D eigenvalue weighted by atomic mass is 16.5. The summed E-state index contributed by atoms with van der Waals surface area (Å²) in [6, 6.07) is 10.0. The van der Waals surface area contributed by atoms with Crippen LogP contribution in [0.15, 0.2) is 30.3 Å². The molecule has 0 bridgehead atoms. The van der Waals surface area contributed by atoms with E-state index in [2.05, 4.69) is 10.3 Å². The number of carbonyl (C=O) groups excluding carboxylic acids is 2. The number of aromatic nitrogens is 1. The average molecular weight is 356 g/mol. The number of aromatic amines is 1. The molecule has 2 fully saturated rings. The van der Waals surface area contributed by atoms with Gasteiger partial charge in [0.2, 0.25) is 0 Å². The van der Waals surface area contributed by atoms with Crippen LogP contribution in [0.25, 0.3) is 10.9 Å². The fraction of sp³-hybridized carbons (Fsp3) is 0.474. The second-order valence-corrected chi connectivity index (χ2v) is 6.85. The maximum atomic E-state index is 12.4. The predicted octanol–water partition coefficient (Wildman–Crippen LogP) is 1.70. The van der Waals surface area contributed by atoms with Crippen LogP contribution in [0.3, 0.4) is 0 Å². The number of benzene rings is 1. The normalized spacial score (nSPS) is 20.5. The van der Waals surface area contributed by atoms with Crippen molar-refractivity contribution in [3.8, 4) is 0 Å². The number of hydrogen-bond donors (Lipinski definition) is 2. The van der Waals surface area contributed by atoms with Crippen molar-refractivity contribution >= 4 is 22.8 Å². The summed E-state index contributed by atoms with van der Waals surface area (Å²) in [7, 11) is 0. The van der Waals surface area contributed by atoms with Crippen LogP contribution >= 0.6 is 0 Å². The Morgan fingerprint density at radius 3 is 2.65 bits per heavy atom. The van der Waals surface area contributed by atoms with Crippen LogP contribution in [-0.4, -0.2) is 65.6 Å². The Morgan fingerprint density at radius 1 is 1.15 bits per heavy atom. The molecule has 138 valence electrons. The Kier molecular flexibility index (Phi) is 4.79. The molecule has 1 aromatic heterocycles. The van der Waals surface area contributed by atoms with Gasteiger partial charge in [-0.3, -0.25) is 4.79 Å². The molecule has 2 aliphatic heterocycles. The lowest BCUT2D eigenvalue weighted by atomic mass is 10.2. The molecule has 1 aromatic carbocycles. The third-order valence-corrected chi connectivity index (χ3v) is 5.10. The molecule has 1 atom stereocenters. The number of nitrogens with zero attached hydrogens (tertiary/aromatic N) is 2. The minimum absolute atomic E-state index is 0.0700. The first-order valence-corrected chi connectivity index (χ1v) is 9.20. The molecule has 7 nitrogen and oxygen atoms in total. The summed E-state index contributed by atoms with van der Waals surface area (Å²) in [6.45, 7) is 3.38. The molecular formula is C19H24N4O3. The van der Waals surface area contributed by atoms with Crippen molar-refractivity contribution in [2.45, 2.75) is 25.5 Å². The summed E-state index contributed by atoms with van der Waals surface area (Å²) in [6.07, 6.45) is 1.48. The fourth-order valence-electron chi connectivity index (χ4n) is 3.62. The highest BCUT2D eigenvalue weighted by Crippen LogP contribution is 2.16. The van der Waals surface area contributed by atoms with E-state index in [0.29, 0.717) is 39.3 Å². The number of fused-ring (bicyclic) bond motifs is 1. The third kappa shape index (κ3) is 3.53. The molecule has 3 amide bonds. The van der Waals surface area contributed by atoms with Crippen molar-refractivity contribution in [2.75, 3.05) is 32.8 Å². The van der Waals surface area contributed by atoms with E-state index in [4.69, 9.17) is 4.74 Å². The molecular weight excluding hydrogens is 332 g/mol. The standard InChI is InChI=1S/C19H24N4O3/c24-18(17-6-3-11-26-17)22-7-9-23(10-8-22)19(25)20-13-15-12-14-4-1-2-5-16(14)21-15/h1-2,4-5,12,17,21H,3,6-11,13H2,(H,20,25). The van der Waals surface area contributed by atoms with Crippen molar-refractivity contribution in [1.29, 1.82) is 0 Å². The summed E-state index contributed by atoms with van der Waals surface area (Å²) in [5.74, 6) is 0.0700. The van der Waals surface area contributed by atoms with Gasteiger partial charge >= 0.3 is 6.03 Å². The molecule has 7 heteroatoms. The van der Waals surface area contributed by atoms with E-state index in [-0.39, 0.29) is 18.0 Å². The molecule has 2 aromatic rings. The van der Waals surface area contributed by atoms with Gasteiger partial charge in [-0.25, -0.2) is 4.79 Å². The highest BCUT2D eigenvalue weighted by Gasteiger charge is 2.31. The van der Waals surface area contributed by atoms with Gasteiger partial charge in [-0.1, -0.05) is 18.2 Å². The molecule has 26 heavy (non-hydrogen) atoms. The monoisotopic (exact) mass is 356 g/mol. The third-order valence-electron chi connectivity index (χ3n) is 5.10. The van der Waals surface area contributed by atoms with Crippen LogP contribution in [-0.2, 0) is 16.1 Å². The lowest BCUT2D eigenvalue weighted by Crippen LogP contribution is -2.54. The summed E-state index contributed by atoms with van der Waals surface area (Å²) in [4.78, 5) is 31.6. The van der Waals surface area contributed by atoms with E-state index in [9.17, 15) is 9.59 Å². The number of rotatable bonds is 3. The summed E-state index contributed by atoms with van der Waals surface area (Å²) < 4.78 is 5.47. The SMILES string of the molecule is O=C(NCc1cc2ccccc2[nH]1)N1CCN(C(=O)C2CCCO2)CC1. The van der Waals surface area contributed by atoms with Crippen LogP contribution in [0.2, 0.25) is 0 Å². The molecule has 4 rings (SSSR count). The summed E-state index contributed by atoms with van der Waals surface area (Å²) in [5, 5.41) is 4.09. The number of urea groups is 1. The second-order valence-electron chi connectivity index (χ2n) is 6.85. The van der Waals surface area contributed by atoms with E-state index in [0.717, 1.165) is 29.4 Å². The van der Waals surface area contributed by atoms with E-state index in [1.807, 2.05) is 35.2 Å². The van der Waals surface area contributed by atoms with Gasteiger partial charge in [0.25, 0.3) is 5.91 Å². The minimum Gasteiger partial charge on any atom is -0.368 e. The van der Waals surface area contributed by atoms with Crippen molar-refractivity contribution in [1.82, 2.24) is 20.1 Å². The van der Waals surface area contributed by atoms with Crippen LogP contribution in [0, 0.1) is 0 Å². The number of ether oxygens (including phenoxy) is 1. The van der Waals surface area contributed by atoms with Crippen LogP contribution in [0.5, 0.6) is 0 Å². The van der Waals surface area contributed by atoms with E-state index < -0.39 is 0 Å². The Hall–Kier alpha value is -2.54. The highest BCUT2D eigenvalue weighted by molar-refractivity contribution is 5.82. The number of carbonyl (C=O) groups is 2. The molecule has 2 aliphatic rings. The number of H-pyrrole nitrogens is 1. The Morgan fingerprint density at radius 2 is 1.92 bits per heavy atom. The molecule has 2 N–H and O–H groups in total. The molecule has 3 heterocycles. The van der Waals surface area contributed by atoms with Crippen LogP contribution in [0.1, 0.15) is 18.5 Å². The van der Waals surface area contributed by atoms with Crippen LogP contribution in [0.4, 0.5) is 4.79 Å².